The number of non-ortho nitro benzene ring substituents is 1. The smallest absolute Gasteiger partial charge is 0.336 e. The molecule has 1 aromatic rings. The van der Waals surface area contributed by atoms with Crippen molar-refractivity contribution >= 4 is 15.9 Å². The summed E-state index contributed by atoms with van der Waals surface area (Å²) < 4.78 is 38.5. The molecule has 1 aromatic carbocycles. The summed E-state index contributed by atoms with van der Waals surface area (Å²) >= 11 is 0. The van der Waals surface area contributed by atoms with Crippen LogP contribution >= 0.6 is 0 Å². The van der Waals surface area contributed by atoms with Crippen molar-refractivity contribution in [2.75, 3.05) is 7.11 Å². The van der Waals surface area contributed by atoms with Crippen LogP contribution in [-0.2, 0) is 10.2 Å². The van der Waals surface area contributed by atoms with Gasteiger partial charge in [-0.3, -0.25) is 10.1 Å². The Morgan fingerprint density at radius 2 is 2.07 bits per heavy atom. The number of ether oxygens (including phenoxy) is 1. The molecule has 0 atom stereocenters. The topological polar surface area (TPSA) is 86.5 Å². The zero-order valence-corrected chi connectivity index (χ0v) is 8.32. The molecule has 0 fully saturated rings. The van der Waals surface area contributed by atoms with E-state index in [0.717, 1.165) is 19.2 Å². The second-order valence-electron chi connectivity index (χ2n) is 2.53. The van der Waals surface area contributed by atoms with Gasteiger partial charge in [-0.25, -0.2) is 0 Å². The van der Waals surface area contributed by atoms with Crippen molar-refractivity contribution in [2.45, 2.75) is 4.90 Å². The minimum absolute atomic E-state index is 0.275. The first-order valence-electron chi connectivity index (χ1n) is 3.63. The largest absolute Gasteiger partial charge is 0.495 e. The van der Waals surface area contributed by atoms with Crippen LogP contribution < -0.4 is 4.74 Å². The van der Waals surface area contributed by atoms with E-state index in [4.69, 9.17) is 0 Å². The maximum absolute atomic E-state index is 12.7. The Labute approximate surface area is 84.6 Å². The normalized spacial score (nSPS) is 11.1. The van der Waals surface area contributed by atoms with Gasteiger partial charge in [-0.15, -0.1) is 3.89 Å². The Kier molecular flexibility index (Phi) is 2.89. The van der Waals surface area contributed by atoms with E-state index < -0.39 is 25.7 Å². The maximum Gasteiger partial charge on any atom is 0.336 e. The zero-order chi connectivity index (χ0) is 11.6. The second-order valence-corrected chi connectivity index (χ2v) is 3.85. The molecule has 0 amide bonds. The molecule has 0 unspecified atom stereocenters. The lowest BCUT2D eigenvalue weighted by Crippen LogP contribution is -1.98. The molecule has 0 aromatic heterocycles. The van der Waals surface area contributed by atoms with Crippen LogP contribution in [0, 0.1) is 10.1 Å². The predicted octanol–water partition coefficient (Wildman–Crippen LogP) is 1.26. The molecule has 0 N–H and O–H groups in total. The Bertz CT molecular complexity index is 498. The second kappa shape index (κ2) is 3.81. The summed E-state index contributed by atoms with van der Waals surface area (Å²) in [6.45, 7) is 0. The van der Waals surface area contributed by atoms with Crippen molar-refractivity contribution < 1.29 is 22.0 Å². The van der Waals surface area contributed by atoms with Gasteiger partial charge in [0.15, 0.2) is 0 Å². The van der Waals surface area contributed by atoms with Crippen LogP contribution in [0.4, 0.5) is 9.57 Å². The molecule has 0 aliphatic heterocycles. The third kappa shape index (κ3) is 2.40. The lowest BCUT2D eigenvalue weighted by Gasteiger charge is -2.03. The molecule has 0 saturated heterocycles. The molecule has 15 heavy (non-hydrogen) atoms. The highest BCUT2D eigenvalue weighted by atomic mass is 32.3. The fourth-order valence-corrected chi connectivity index (χ4v) is 1.62. The first kappa shape index (κ1) is 11.4. The van der Waals surface area contributed by atoms with Crippen LogP contribution in [-0.4, -0.2) is 20.5 Å². The van der Waals surface area contributed by atoms with Crippen molar-refractivity contribution in [3.05, 3.63) is 28.3 Å². The van der Waals surface area contributed by atoms with Crippen LogP contribution in [0.2, 0.25) is 0 Å². The summed E-state index contributed by atoms with van der Waals surface area (Å²) in [5.41, 5.74) is -0.521. The molecule has 0 aliphatic rings. The van der Waals surface area contributed by atoms with Gasteiger partial charge in [-0.1, -0.05) is 0 Å². The maximum atomic E-state index is 12.7. The number of methoxy groups -OCH3 is 1. The quantitative estimate of drug-likeness (QED) is 0.447. The standard InChI is InChI=1S/C7H6FNO5S/c1-14-6-3-2-5(9(10)11)4-7(6)15(8,12)13/h2-4H,1H3. The van der Waals surface area contributed by atoms with Crippen LogP contribution in [0.5, 0.6) is 5.75 Å². The van der Waals surface area contributed by atoms with Crippen LogP contribution in [0.25, 0.3) is 0 Å². The Hall–Kier alpha value is -1.70. The Morgan fingerprint density at radius 1 is 1.47 bits per heavy atom. The predicted molar refractivity (Wildman–Crippen MR) is 47.9 cm³/mol. The summed E-state index contributed by atoms with van der Waals surface area (Å²) in [7, 11) is -3.90. The van der Waals surface area contributed by atoms with E-state index in [0.29, 0.717) is 6.07 Å². The number of nitrogens with zero attached hydrogens (tertiary/aromatic N) is 1. The number of nitro groups is 1. The monoisotopic (exact) mass is 235 g/mol. The molecule has 0 radical (unpaired) electrons. The van der Waals surface area contributed by atoms with Gasteiger partial charge >= 0.3 is 10.2 Å². The summed E-state index contributed by atoms with van der Waals surface area (Å²) in [6, 6.07) is 2.65. The fourth-order valence-electron chi connectivity index (χ4n) is 0.969. The van der Waals surface area contributed by atoms with Crippen molar-refractivity contribution in [2.24, 2.45) is 0 Å². The van der Waals surface area contributed by atoms with Gasteiger partial charge in [0.05, 0.1) is 12.0 Å². The summed E-state index contributed by atoms with van der Waals surface area (Å²) in [6.07, 6.45) is 0. The number of benzene rings is 1. The third-order valence-corrected chi connectivity index (χ3v) is 2.47. The third-order valence-electron chi connectivity index (χ3n) is 1.62. The van der Waals surface area contributed by atoms with Crippen molar-refractivity contribution in [3.8, 4) is 5.75 Å². The van der Waals surface area contributed by atoms with E-state index in [1.54, 1.807) is 0 Å². The van der Waals surface area contributed by atoms with E-state index in [2.05, 4.69) is 4.74 Å². The highest BCUT2D eigenvalue weighted by Gasteiger charge is 2.22. The van der Waals surface area contributed by atoms with Gasteiger partial charge in [-0.05, 0) is 6.07 Å². The molecular weight excluding hydrogens is 229 g/mol. The molecule has 0 aliphatic carbocycles. The molecule has 6 nitrogen and oxygen atoms in total. The average Bonchev–Trinajstić information content (AvgIpc) is 2.15. The lowest BCUT2D eigenvalue weighted by molar-refractivity contribution is -0.385. The molecule has 0 bridgehead atoms. The van der Waals surface area contributed by atoms with Gasteiger partial charge in [0.1, 0.15) is 10.6 Å². The van der Waals surface area contributed by atoms with Crippen molar-refractivity contribution in [1.29, 1.82) is 0 Å². The van der Waals surface area contributed by atoms with Crippen molar-refractivity contribution in [3.63, 3.8) is 0 Å². The summed E-state index contributed by atoms with van der Waals surface area (Å²) in [5, 5.41) is 10.3. The first-order valence-corrected chi connectivity index (χ1v) is 5.01. The van der Waals surface area contributed by atoms with Gasteiger partial charge in [0, 0.05) is 12.1 Å². The average molecular weight is 235 g/mol. The van der Waals surface area contributed by atoms with E-state index in [1.807, 2.05) is 0 Å². The molecule has 8 heteroatoms. The zero-order valence-electron chi connectivity index (χ0n) is 7.51. The Balaban J connectivity index is 3.46. The fraction of sp³-hybridized carbons (Fsp3) is 0.143. The minimum atomic E-state index is -5.03. The van der Waals surface area contributed by atoms with E-state index in [1.165, 1.54) is 0 Å². The molecule has 82 valence electrons. The van der Waals surface area contributed by atoms with Gasteiger partial charge in [0.2, 0.25) is 0 Å². The number of hydrogen-bond donors (Lipinski definition) is 0. The minimum Gasteiger partial charge on any atom is -0.495 e. The number of nitro benzene ring substituents is 1. The SMILES string of the molecule is COc1ccc([N+](=O)[O-])cc1S(=O)(=O)F. The molecule has 1 rings (SSSR count). The summed E-state index contributed by atoms with van der Waals surface area (Å²) in [5.74, 6) is -0.275. The Morgan fingerprint density at radius 3 is 2.47 bits per heavy atom. The molecular formula is C7H6FNO5S. The van der Waals surface area contributed by atoms with E-state index in [9.17, 15) is 22.4 Å². The number of rotatable bonds is 3. The van der Waals surface area contributed by atoms with Gasteiger partial charge in [0.25, 0.3) is 5.69 Å². The highest BCUT2D eigenvalue weighted by Crippen LogP contribution is 2.29. The number of halogens is 1. The highest BCUT2D eigenvalue weighted by molar-refractivity contribution is 7.86. The van der Waals surface area contributed by atoms with Crippen LogP contribution in [0.3, 0.4) is 0 Å². The van der Waals surface area contributed by atoms with E-state index >= 15 is 0 Å². The van der Waals surface area contributed by atoms with Crippen LogP contribution in [0.15, 0.2) is 23.1 Å². The summed E-state index contributed by atoms with van der Waals surface area (Å²) in [4.78, 5) is 8.65. The van der Waals surface area contributed by atoms with E-state index in [-0.39, 0.29) is 5.75 Å². The number of hydrogen-bond acceptors (Lipinski definition) is 5. The first-order chi connectivity index (χ1) is 6.86. The molecule has 0 saturated carbocycles. The van der Waals surface area contributed by atoms with Gasteiger partial charge < -0.3 is 4.74 Å². The molecule has 0 heterocycles. The lowest BCUT2D eigenvalue weighted by atomic mass is 10.3. The van der Waals surface area contributed by atoms with Crippen LogP contribution in [0.1, 0.15) is 0 Å². The van der Waals surface area contributed by atoms with Gasteiger partial charge in [-0.2, -0.15) is 8.42 Å². The molecule has 0 spiro atoms. The van der Waals surface area contributed by atoms with Crippen molar-refractivity contribution in [1.82, 2.24) is 0 Å².